The molecule has 0 spiro atoms. The largest absolute Gasteiger partial charge is 0.343 e. The number of fused-ring (bicyclic) bond motifs is 10. The summed E-state index contributed by atoms with van der Waals surface area (Å²) in [5.74, 6) is 2.06. The Labute approximate surface area is 327 Å². The Morgan fingerprint density at radius 3 is 1.32 bits per heavy atom. The second-order valence-electron chi connectivity index (χ2n) is 16.3. The number of aromatic amines is 2. The molecule has 2 aromatic heterocycles. The fourth-order valence-corrected chi connectivity index (χ4v) is 10.7. The summed E-state index contributed by atoms with van der Waals surface area (Å²) in [6.45, 7) is 1.31. The summed E-state index contributed by atoms with van der Waals surface area (Å²) in [4.78, 5) is 54.3. The van der Waals surface area contributed by atoms with Gasteiger partial charge in [0.2, 0.25) is 11.8 Å². The Hall–Kier alpha value is -5.84. The molecule has 0 saturated carbocycles. The first kappa shape index (κ1) is 34.6. The number of hydrogen-bond acceptors (Lipinski definition) is 6. The number of amides is 2. The van der Waals surface area contributed by atoms with Crippen LogP contribution in [0, 0.1) is 0 Å². The molecule has 4 aromatic carbocycles. The molecule has 10 heteroatoms. The molecule has 282 valence electrons. The molecular weight excluding hydrogens is 697 g/mol. The molecule has 2 fully saturated rings. The lowest BCUT2D eigenvalue weighted by molar-refractivity contribution is -0.141. The van der Waals surface area contributed by atoms with Crippen LogP contribution in [0.1, 0.15) is 82.1 Å². The van der Waals surface area contributed by atoms with Gasteiger partial charge in [0, 0.05) is 48.7 Å². The van der Waals surface area contributed by atoms with Gasteiger partial charge in [-0.2, -0.15) is 0 Å². The number of carbonyl (C=O) groups excluding carboxylic acids is 2. The first-order chi connectivity index (χ1) is 27.2. The predicted octanol–water partition coefficient (Wildman–Crippen LogP) is 6.55. The zero-order valence-corrected chi connectivity index (χ0v) is 32.2. The molecule has 4 bridgehead atoms. The lowest BCUT2D eigenvalue weighted by atomic mass is 9.76. The zero-order chi connectivity index (χ0) is 38.3. The molecule has 10 rings (SSSR count). The molecule has 2 saturated heterocycles. The highest BCUT2D eigenvalue weighted by molar-refractivity contribution is 5.86. The summed E-state index contributed by atoms with van der Waals surface area (Å²) in [6.07, 6.45) is 5.59. The van der Waals surface area contributed by atoms with E-state index in [0.29, 0.717) is 13.1 Å². The van der Waals surface area contributed by atoms with Crippen molar-refractivity contribution in [2.24, 2.45) is 0 Å². The Bertz CT molecular complexity index is 2250. The van der Waals surface area contributed by atoms with Crippen LogP contribution in [0.4, 0.5) is 0 Å². The number of nitrogens with one attached hydrogen (secondary N) is 2. The van der Waals surface area contributed by atoms with Gasteiger partial charge in [-0.1, -0.05) is 109 Å². The molecule has 10 nitrogen and oxygen atoms in total. The van der Waals surface area contributed by atoms with Gasteiger partial charge in [0.25, 0.3) is 0 Å². The van der Waals surface area contributed by atoms with E-state index in [1.165, 1.54) is 0 Å². The fraction of sp³-hybridized carbons (Fsp3) is 0.304. The number of imidazole rings is 2. The number of hydrogen-bond donors (Lipinski definition) is 2. The maximum atomic E-state index is 14.7. The van der Waals surface area contributed by atoms with E-state index in [0.717, 1.165) is 69.3 Å². The van der Waals surface area contributed by atoms with Crippen LogP contribution in [0.2, 0.25) is 0 Å². The molecule has 2 N–H and O–H groups in total. The van der Waals surface area contributed by atoms with Crippen LogP contribution < -0.4 is 0 Å². The minimum atomic E-state index is -0.687. The Morgan fingerprint density at radius 1 is 0.589 bits per heavy atom. The first-order valence-electron chi connectivity index (χ1n) is 19.6. The van der Waals surface area contributed by atoms with Crippen molar-refractivity contribution in [2.75, 3.05) is 41.3 Å². The normalized spacial score (nSPS) is 24.2. The van der Waals surface area contributed by atoms with Gasteiger partial charge in [-0.3, -0.25) is 19.4 Å². The topological polar surface area (TPSA) is 104 Å². The van der Waals surface area contributed by atoms with Gasteiger partial charge in [-0.05, 0) is 74.4 Å². The summed E-state index contributed by atoms with van der Waals surface area (Å²) in [7, 11) is 7.89. The third kappa shape index (κ3) is 4.75. The van der Waals surface area contributed by atoms with Gasteiger partial charge in [0.15, 0.2) is 0 Å². The third-order valence-corrected chi connectivity index (χ3v) is 13.1. The van der Waals surface area contributed by atoms with E-state index < -0.39 is 23.2 Å². The number of likely N-dealkylation sites (tertiary alicyclic amines) is 2. The van der Waals surface area contributed by atoms with Gasteiger partial charge >= 0.3 is 0 Å². The van der Waals surface area contributed by atoms with E-state index in [1.54, 1.807) is 0 Å². The lowest BCUT2D eigenvalue weighted by Gasteiger charge is -2.42. The molecular formula is C46H46N8O2. The van der Waals surface area contributed by atoms with Crippen LogP contribution in [0.25, 0.3) is 11.1 Å². The van der Waals surface area contributed by atoms with Crippen LogP contribution in [-0.2, 0) is 20.7 Å². The average molecular weight is 743 g/mol. The zero-order valence-electron chi connectivity index (χ0n) is 32.2. The summed E-state index contributed by atoms with van der Waals surface area (Å²) < 4.78 is 0. The molecule has 2 amide bonds. The van der Waals surface area contributed by atoms with Crippen molar-refractivity contribution in [2.45, 2.75) is 47.8 Å². The van der Waals surface area contributed by atoms with Crippen LogP contribution in [0.15, 0.2) is 122 Å². The average Bonchev–Trinajstić information content (AvgIpc) is 4.07. The van der Waals surface area contributed by atoms with E-state index in [4.69, 9.17) is 9.97 Å². The Balaban J connectivity index is 0.979. The number of benzene rings is 4. The molecule has 6 atom stereocenters. The van der Waals surface area contributed by atoms with E-state index in [1.807, 2.05) is 111 Å². The number of nitrogens with zero attached hydrogens (tertiary/aromatic N) is 6. The summed E-state index contributed by atoms with van der Waals surface area (Å²) >= 11 is 0. The van der Waals surface area contributed by atoms with Crippen molar-refractivity contribution in [1.82, 2.24) is 39.5 Å². The number of aromatic nitrogens is 4. The maximum absolute atomic E-state index is 14.7. The summed E-state index contributed by atoms with van der Waals surface area (Å²) in [5, 5.41) is 0. The molecule has 56 heavy (non-hydrogen) atoms. The van der Waals surface area contributed by atoms with E-state index >= 15 is 0 Å². The smallest absolute Gasteiger partial charge is 0.245 e. The molecule has 2 unspecified atom stereocenters. The molecule has 4 aliphatic heterocycles. The number of carbonyl (C=O) groups is 2. The number of likely N-dealkylation sites (N-methyl/N-ethyl adjacent to an activating group) is 2. The number of H-pyrrole nitrogens is 2. The third-order valence-electron chi connectivity index (χ3n) is 13.1. The van der Waals surface area contributed by atoms with Crippen LogP contribution in [0.5, 0.6) is 0 Å². The van der Waals surface area contributed by atoms with Gasteiger partial charge in [-0.25, -0.2) is 9.97 Å². The van der Waals surface area contributed by atoms with Crippen molar-refractivity contribution >= 4 is 11.8 Å². The van der Waals surface area contributed by atoms with Crippen molar-refractivity contribution in [3.8, 4) is 11.1 Å². The highest BCUT2D eigenvalue weighted by atomic mass is 16.2. The van der Waals surface area contributed by atoms with Crippen molar-refractivity contribution in [1.29, 1.82) is 0 Å². The van der Waals surface area contributed by atoms with E-state index in [2.05, 4.69) is 68.3 Å². The SMILES string of the molecule is CN(C)[C@@H](C(=O)N1CCC2c3cnc([nH]3)[C@@]21c1ccc(-c2ccc([C@]34c5ncc([nH]5)C3CCN4C(=O)[C@@H](c3ccccc3)N(C)C)cc2)cc1)c1ccccc1. The van der Waals surface area contributed by atoms with Crippen molar-refractivity contribution < 1.29 is 9.59 Å². The monoisotopic (exact) mass is 742 g/mol. The van der Waals surface area contributed by atoms with Gasteiger partial charge in [-0.15, -0.1) is 0 Å². The minimum absolute atomic E-state index is 0.0780. The highest BCUT2D eigenvalue weighted by Gasteiger charge is 2.62. The van der Waals surface area contributed by atoms with Gasteiger partial charge < -0.3 is 19.8 Å². The molecule has 0 aliphatic carbocycles. The second kappa shape index (κ2) is 12.9. The van der Waals surface area contributed by atoms with Crippen LogP contribution in [0.3, 0.4) is 0 Å². The van der Waals surface area contributed by atoms with Crippen LogP contribution >= 0.6 is 0 Å². The molecule has 6 heterocycles. The van der Waals surface area contributed by atoms with Gasteiger partial charge in [0.1, 0.15) is 34.8 Å². The quantitative estimate of drug-likeness (QED) is 0.174. The summed E-state index contributed by atoms with van der Waals surface area (Å²) in [5.41, 5.74) is 7.03. The van der Waals surface area contributed by atoms with Crippen LogP contribution in [-0.4, -0.2) is 92.6 Å². The first-order valence-corrected chi connectivity index (χ1v) is 19.6. The van der Waals surface area contributed by atoms with E-state index in [-0.39, 0.29) is 23.7 Å². The van der Waals surface area contributed by atoms with E-state index in [9.17, 15) is 9.59 Å². The maximum Gasteiger partial charge on any atom is 0.245 e. The number of rotatable bonds is 9. The second-order valence-corrected chi connectivity index (χ2v) is 16.3. The minimum Gasteiger partial charge on any atom is -0.343 e. The summed E-state index contributed by atoms with van der Waals surface area (Å²) in [6, 6.07) is 36.7. The standard InChI is InChI=1S/C46H46N8O2/c1-51(2)39(31-11-7-5-8-12-31)41(55)53-25-23-35-37-27-47-43(49-37)45(35,53)33-19-15-29(16-20-33)30-17-21-34(22-18-30)46-36(38-28-48-44(46)50-38)24-26-54(46)42(56)40(52(3)4)32-13-9-6-10-14-32/h5-22,27-28,35-36,39-40H,23-26H2,1-4H3,(H,47,49)(H,48,50)/t35?,36?,39-,40-,45-,46-/m1/s1. The molecule has 0 radical (unpaired) electrons. The Kier molecular flexibility index (Phi) is 7.95. The molecule has 4 aliphatic rings. The van der Waals surface area contributed by atoms with Gasteiger partial charge in [0.05, 0.1) is 0 Å². The fourth-order valence-electron chi connectivity index (χ4n) is 10.7. The highest BCUT2D eigenvalue weighted by Crippen LogP contribution is 2.58. The molecule has 6 aromatic rings. The van der Waals surface area contributed by atoms with Crippen molar-refractivity contribution in [3.63, 3.8) is 0 Å². The Morgan fingerprint density at radius 2 is 0.964 bits per heavy atom. The predicted molar refractivity (Wildman–Crippen MR) is 214 cm³/mol. The van der Waals surface area contributed by atoms with Crippen molar-refractivity contribution in [3.05, 3.63) is 167 Å². The lowest BCUT2D eigenvalue weighted by Crippen LogP contribution is -2.51.